The number of H-pyrrole nitrogens is 1. The van der Waals surface area contributed by atoms with Crippen LogP contribution in [0.25, 0.3) is 17.2 Å². The number of hydrogen-bond acceptors (Lipinski definition) is 2. The Balaban J connectivity index is 2.14. The van der Waals surface area contributed by atoms with E-state index in [1.165, 1.54) is 0 Å². The van der Waals surface area contributed by atoms with Crippen LogP contribution in [-0.2, 0) is 0 Å². The van der Waals surface area contributed by atoms with Crippen LogP contribution in [0, 0.1) is 0 Å². The molecule has 16 heavy (non-hydrogen) atoms. The van der Waals surface area contributed by atoms with Crippen LogP contribution < -0.4 is 0 Å². The van der Waals surface area contributed by atoms with Gasteiger partial charge in [-0.15, -0.1) is 0 Å². The minimum absolute atomic E-state index is 0.907. The minimum Gasteiger partial charge on any atom is -0.331 e. The van der Waals surface area contributed by atoms with Gasteiger partial charge in [0.25, 0.3) is 0 Å². The van der Waals surface area contributed by atoms with Crippen molar-refractivity contribution in [1.29, 1.82) is 0 Å². The van der Waals surface area contributed by atoms with E-state index in [1.807, 2.05) is 41.1 Å². The van der Waals surface area contributed by atoms with Crippen molar-refractivity contribution in [3.63, 3.8) is 0 Å². The molecule has 3 aromatic rings. The molecule has 0 fully saturated rings. The van der Waals surface area contributed by atoms with E-state index in [4.69, 9.17) is 0 Å². The molecule has 1 N–H and O–H groups in total. The highest BCUT2D eigenvalue weighted by Crippen LogP contribution is 2.19. The Morgan fingerprint density at radius 1 is 1.12 bits per heavy atom. The van der Waals surface area contributed by atoms with Gasteiger partial charge in [0.05, 0.1) is 12.5 Å². The number of benzene rings is 1. The number of hydrogen-bond donors (Lipinski definition) is 1. The van der Waals surface area contributed by atoms with Crippen molar-refractivity contribution >= 4 is 0 Å². The summed E-state index contributed by atoms with van der Waals surface area (Å²) in [6, 6.07) is 10.1. The molecule has 2 aromatic heterocycles. The molecular formula is C12H10N4. The zero-order valence-corrected chi connectivity index (χ0v) is 8.54. The highest BCUT2D eigenvalue weighted by Gasteiger charge is 2.07. The van der Waals surface area contributed by atoms with Crippen LogP contribution >= 0.6 is 0 Å². The second-order valence-corrected chi connectivity index (χ2v) is 3.42. The van der Waals surface area contributed by atoms with Gasteiger partial charge in [-0.2, -0.15) is 0 Å². The number of aromatic nitrogens is 4. The minimum atomic E-state index is 0.907. The SMILES string of the molecule is c1ccc(-c2nccn2-c2cnc[nH]2)cc1. The van der Waals surface area contributed by atoms with Crippen LogP contribution in [0.4, 0.5) is 0 Å². The summed E-state index contributed by atoms with van der Waals surface area (Å²) in [6.07, 6.45) is 7.12. The van der Waals surface area contributed by atoms with Gasteiger partial charge in [-0.25, -0.2) is 9.97 Å². The van der Waals surface area contributed by atoms with E-state index in [9.17, 15) is 0 Å². The van der Waals surface area contributed by atoms with Crippen molar-refractivity contribution in [2.45, 2.75) is 0 Å². The van der Waals surface area contributed by atoms with E-state index < -0.39 is 0 Å². The number of rotatable bonds is 2. The second-order valence-electron chi connectivity index (χ2n) is 3.42. The Labute approximate surface area is 92.6 Å². The standard InChI is InChI=1S/C12H10N4/c1-2-4-10(5-3-1)12-14-6-7-16(12)11-8-13-9-15-11/h1-9H,(H,13,15). The summed E-state index contributed by atoms with van der Waals surface area (Å²) in [7, 11) is 0. The van der Waals surface area contributed by atoms with Crippen molar-refractivity contribution in [1.82, 2.24) is 19.5 Å². The third-order valence-corrected chi connectivity index (χ3v) is 2.42. The molecule has 0 aliphatic carbocycles. The lowest BCUT2D eigenvalue weighted by atomic mass is 10.2. The first-order chi connectivity index (χ1) is 7.95. The van der Waals surface area contributed by atoms with E-state index in [0.717, 1.165) is 17.2 Å². The fourth-order valence-corrected chi connectivity index (χ4v) is 1.68. The lowest BCUT2D eigenvalue weighted by Gasteiger charge is -2.04. The molecule has 0 saturated heterocycles. The summed E-state index contributed by atoms with van der Waals surface area (Å²) in [6.45, 7) is 0. The van der Waals surface area contributed by atoms with Crippen LogP contribution in [0.1, 0.15) is 0 Å². The zero-order chi connectivity index (χ0) is 10.8. The highest BCUT2D eigenvalue weighted by molar-refractivity contribution is 5.57. The lowest BCUT2D eigenvalue weighted by Crippen LogP contribution is -1.95. The third-order valence-electron chi connectivity index (χ3n) is 2.42. The fourth-order valence-electron chi connectivity index (χ4n) is 1.68. The largest absolute Gasteiger partial charge is 0.331 e. The Morgan fingerprint density at radius 2 is 2.00 bits per heavy atom. The number of aromatic amines is 1. The summed E-state index contributed by atoms with van der Waals surface area (Å²) in [5, 5.41) is 0. The molecule has 0 amide bonds. The van der Waals surface area contributed by atoms with Crippen LogP contribution in [0.5, 0.6) is 0 Å². The van der Waals surface area contributed by atoms with E-state index in [2.05, 4.69) is 15.0 Å². The molecule has 0 aliphatic rings. The number of nitrogens with zero attached hydrogens (tertiary/aromatic N) is 3. The van der Waals surface area contributed by atoms with Gasteiger partial charge in [0.2, 0.25) is 0 Å². The van der Waals surface area contributed by atoms with Crippen LogP contribution in [0.2, 0.25) is 0 Å². The van der Waals surface area contributed by atoms with Gasteiger partial charge in [0.1, 0.15) is 11.6 Å². The first-order valence-electron chi connectivity index (χ1n) is 5.02. The fraction of sp³-hybridized carbons (Fsp3) is 0. The predicted molar refractivity (Wildman–Crippen MR) is 61.1 cm³/mol. The second kappa shape index (κ2) is 3.66. The molecule has 0 unspecified atom stereocenters. The molecule has 3 rings (SSSR count). The summed E-state index contributed by atoms with van der Waals surface area (Å²) >= 11 is 0. The zero-order valence-electron chi connectivity index (χ0n) is 8.54. The molecule has 0 bridgehead atoms. The van der Waals surface area contributed by atoms with Gasteiger partial charge in [0, 0.05) is 18.0 Å². The molecule has 2 heterocycles. The highest BCUT2D eigenvalue weighted by atomic mass is 15.1. The van der Waals surface area contributed by atoms with Crippen LogP contribution in [0.15, 0.2) is 55.2 Å². The summed E-state index contributed by atoms with van der Waals surface area (Å²) in [4.78, 5) is 11.4. The van der Waals surface area contributed by atoms with E-state index >= 15 is 0 Å². The summed E-state index contributed by atoms with van der Waals surface area (Å²) < 4.78 is 1.97. The molecule has 4 nitrogen and oxygen atoms in total. The van der Waals surface area contributed by atoms with E-state index in [0.29, 0.717) is 0 Å². The van der Waals surface area contributed by atoms with E-state index in [1.54, 1.807) is 18.7 Å². The van der Waals surface area contributed by atoms with E-state index in [-0.39, 0.29) is 0 Å². The number of imidazole rings is 2. The Bertz CT molecular complexity index is 566. The monoisotopic (exact) mass is 210 g/mol. The number of nitrogens with one attached hydrogen (secondary N) is 1. The topological polar surface area (TPSA) is 46.5 Å². The van der Waals surface area contributed by atoms with Crippen molar-refractivity contribution < 1.29 is 0 Å². The average Bonchev–Trinajstić information content (AvgIpc) is 3.01. The van der Waals surface area contributed by atoms with Gasteiger partial charge < -0.3 is 4.98 Å². The Morgan fingerprint density at radius 3 is 2.75 bits per heavy atom. The molecule has 0 atom stereocenters. The van der Waals surface area contributed by atoms with Gasteiger partial charge in [-0.05, 0) is 0 Å². The summed E-state index contributed by atoms with van der Waals surface area (Å²) in [5.74, 6) is 1.82. The Kier molecular flexibility index (Phi) is 2.04. The summed E-state index contributed by atoms with van der Waals surface area (Å²) in [5.41, 5.74) is 1.09. The van der Waals surface area contributed by atoms with Crippen LogP contribution in [-0.4, -0.2) is 19.5 Å². The first kappa shape index (κ1) is 8.91. The molecule has 0 radical (unpaired) electrons. The maximum Gasteiger partial charge on any atom is 0.145 e. The maximum atomic E-state index is 4.36. The van der Waals surface area contributed by atoms with Gasteiger partial charge in [-0.1, -0.05) is 30.3 Å². The van der Waals surface area contributed by atoms with Gasteiger partial charge in [0.15, 0.2) is 0 Å². The first-order valence-corrected chi connectivity index (χ1v) is 5.02. The molecule has 0 spiro atoms. The van der Waals surface area contributed by atoms with Crippen molar-refractivity contribution in [2.75, 3.05) is 0 Å². The average molecular weight is 210 g/mol. The smallest absolute Gasteiger partial charge is 0.145 e. The van der Waals surface area contributed by atoms with Crippen molar-refractivity contribution in [3.05, 3.63) is 55.2 Å². The van der Waals surface area contributed by atoms with Gasteiger partial charge in [-0.3, -0.25) is 4.57 Å². The maximum absolute atomic E-state index is 4.36. The van der Waals surface area contributed by atoms with Crippen molar-refractivity contribution in [3.8, 4) is 17.2 Å². The quantitative estimate of drug-likeness (QED) is 0.705. The molecular weight excluding hydrogens is 200 g/mol. The third kappa shape index (κ3) is 1.40. The van der Waals surface area contributed by atoms with Gasteiger partial charge >= 0.3 is 0 Å². The predicted octanol–water partition coefficient (Wildman–Crippen LogP) is 2.26. The molecule has 4 heteroatoms. The molecule has 0 saturated carbocycles. The normalized spacial score (nSPS) is 10.5. The van der Waals surface area contributed by atoms with Crippen LogP contribution in [0.3, 0.4) is 0 Å². The molecule has 78 valence electrons. The van der Waals surface area contributed by atoms with Crippen molar-refractivity contribution in [2.24, 2.45) is 0 Å². The molecule has 0 aliphatic heterocycles. The lowest BCUT2D eigenvalue weighted by molar-refractivity contribution is 1.02. The Hall–Kier alpha value is -2.36. The molecule has 1 aromatic carbocycles.